The van der Waals surface area contributed by atoms with Gasteiger partial charge in [-0.3, -0.25) is 9.59 Å². The Morgan fingerprint density at radius 2 is 1.92 bits per heavy atom. The molecule has 1 aromatic heterocycles. The molecule has 2 aromatic rings. The number of anilines is 3. The number of likely N-dealkylation sites (N-methyl/N-ethyl adjacent to an activating group) is 1. The first kappa shape index (κ1) is 27.9. The Kier molecular flexibility index (Phi) is 8.63. The fourth-order valence-electron chi connectivity index (χ4n) is 4.00. The van der Waals surface area contributed by atoms with Crippen molar-refractivity contribution in [3.8, 4) is 0 Å². The summed E-state index contributed by atoms with van der Waals surface area (Å²) in [4.78, 5) is 31.9. The third kappa shape index (κ3) is 6.16. The second-order valence-corrected chi connectivity index (χ2v) is 10.0. The van der Waals surface area contributed by atoms with E-state index >= 15 is 0 Å². The van der Waals surface area contributed by atoms with Gasteiger partial charge < -0.3 is 15.1 Å². The maximum Gasteiger partial charge on any atom is 0.433 e. The van der Waals surface area contributed by atoms with Crippen LogP contribution in [0.25, 0.3) is 0 Å². The average molecular weight is 618 g/mol. The molecule has 0 bridgehead atoms. The first-order chi connectivity index (χ1) is 16.8. The number of amides is 2. The van der Waals surface area contributed by atoms with Crippen LogP contribution in [0.1, 0.15) is 43.9 Å². The fraction of sp³-hybridized carbons (Fsp3) is 0.400. The summed E-state index contributed by atoms with van der Waals surface area (Å²) < 4.78 is 55.4. The number of halogens is 5. The van der Waals surface area contributed by atoms with Crippen molar-refractivity contribution in [2.75, 3.05) is 35.3 Å². The van der Waals surface area contributed by atoms with Crippen LogP contribution < -0.4 is 15.1 Å². The summed E-state index contributed by atoms with van der Waals surface area (Å²) in [5.74, 6) is -2.00. The normalized spacial score (nSPS) is 15.4. The lowest BCUT2D eigenvalue weighted by molar-refractivity contribution is -0.141. The summed E-state index contributed by atoms with van der Waals surface area (Å²) in [6.07, 6.45) is -2.00. The smallest absolute Gasteiger partial charge is 0.355 e. The van der Waals surface area contributed by atoms with Gasteiger partial charge >= 0.3 is 6.18 Å². The van der Waals surface area contributed by atoms with E-state index in [4.69, 9.17) is 0 Å². The number of aromatic nitrogens is 1. The molecule has 0 aliphatic carbocycles. The number of carbonyl (C=O) groups is 2. The highest BCUT2D eigenvalue weighted by atomic mass is 127. The molecule has 11 heteroatoms. The number of hydrogen-bond donors (Lipinski definition) is 1. The number of benzene rings is 1. The molecular weight excluding hydrogens is 591 g/mol. The van der Waals surface area contributed by atoms with Crippen LogP contribution in [0.2, 0.25) is 0 Å². The van der Waals surface area contributed by atoms with Gasteiger partial charge in [0.05, 0.1) is 17.3 Å². The van der Waals surface area contributed by atoms with Crippen molar-refractivity contribution in [1.29, 1.82) is 0 Å². The molecule has 1 saturated heterocycles. The molecule has 6 nitrogen and oxygen atoms in total. The first-order valence-electron chi connectivity index (χ1n) is 11.4. The summed E-state index contributed by atoms with van der Waals surface area (Å²) in [6, 6.07) is 4.86. The molecule has 1 aliphatic heterocycles. The SMILES string of the molecule is C=CC(=O)Nc1c(F)cc(C(C)C(=O)N(C)c2ccc(C(F)(F)F)nc2N2CCC(C)CC2)cc1I. The van der Waals surface area contributed by atoms with Crippen LogP contribution in [0.5, 0.6) is 0 Å². The molecule has 0 spiro atoms. The second kappa shape index (κ2) is 11.1. The molecule has 0 radical (unpaired) electrons. The monoisotopic (exact) mass is 618 g/mol. The van der Waals surface area contributed by atoms with Gasteiger partial charge in [0.1, 0.15) is 11.5 Å². The Balaban J connectivity index is 1.94. The lowest BCUT2D eigenvalue weighted by Crippen LogP contribution is -2.37. The van der Waals surface area contributed by atoms with Crippen LogP contribution in [0, 0.1) is 15.3 Å². The minimum absolute atomic E-state index is 0.0224. The third-order valence-electron chi connectivity index (χ3n) is 6.29. The number of carbonyl (C=O) groups excluding carboxylic acids is 2. The van der Waals surface area contributed by atoms with Crippen LogP contribution in [0.15, 0.2) is 36.9 Å². The van der Waals surface area contributed by atoms with Crippen molar-refractivity contribution < 1.29 is 27.2 Å². The molecule has 1 fully saturated rings. The maximum atomic E-state index is 14.7. The van der Waals surface area contributed by atoms with E-state index in [0.29, 0.717) is 28.1 Å². The number of nitrogens with one attached hydrogen (secondary N) is 1. The van der Waals surface area contributed by atoms with Gasteiger partial charge in [-0.25, -0.2) is 9.37 Å². The zero-order chi connectivity index (χ0) is 26.8. The summed E-state index contributed by atoms with van der Waals surface area (Å²) >= 11 is 1.86. The van der Waals surface area contributed by atoms with Crippen molar-refractivity contribution in [3.05, 3.63) is 57.6 Å². The van der Waals surface area contributed by atoms with Crippen LogP contribution >= 0.6 is 22.6 Å². The van der Waals surface area contributed by atoms with Gasteiger partial charge in [-0.2, -0.15) is 13.2 Å². The predicted octanol–water partition coefficient (Wildman–Crippen LogP) is 5.97. The van der Waals surface area contributed by atoms with Crippen molar-refractivity contribution in [2.45, 2.75) is 38.8 Å². The molecular formula is C25H27F4IN4O2. The summed E-state index contributed by atoms with van der Waals surface area (Å²) in [5.41, 5.74) is -0.439. The van der Waals surface area contributed by atoms with Gasteiger partial charge in [-0.15, -0.1) is 0 Å². The van der Waals surface area contributed by atoms with Crippen molar-refractivity contribution >= 4 is 51.6 Å². The van der Waals surface area contributed by atoms with Gasteiger partial charge in [0.2, 0.25) is 11.8 Å². The predicted molar refractivity (Wildman–Crippen MR) is 140 cm³/mol. The van der Waals surface area contributed by atoms with E-state index in [1.165, 1.54) is 18.0 Å². The molecule has 194 valence electrons. The molecule has 1 unspecified atom stereocenters. The van der Waals surface area contributed by atoms with E-state index < -0.39 is 35.4 Å². The summed E-state index contributed by atoms with van der Waals surface area (Å²) in [5, 5.41) is 2.40. The molecule has 36 heavy (non-hydrogen) atoms. The number of hydrogen-bond acceptors (Lipinski definition) is 4. The van der Waals surface area contributed by atoms with Crippen LogP contribution in [-0.2, 0) is 15.8 Å². The Labute approximate surface area is 220 Å². The third-order valence-corrected chi connectivity index (χ3v) is 7.14. The van der Waals surface area contributed by atoms with Gasteiger partial charge in [0.25, 0.3) is 0 Å². The van der Waals surface area contributed by atoms with E-state index in [0.717, 1.165) is 31.1 Å². The largest absolute Gasteiger partial charge is 0.433 e. The fourth-order valence-corrected chi connectivity index (χ4v) is 4.75. The molecule has 2 amide bonds. The lowest BCUT2D eigenvalue weighted by Gasteiger charge is -2.34. The van der Waals surface area contributed by atoms with E-state index in [9.17, 15) is 27.2 Å². The van der Waals surface area contributed by atoms with E-state index in [1.807, 2.05) is 22.6 Å². The zero-order valence-corrected chi connectivity index (χ0v) is 22.3. The Morgan fingerprint density at radius 3 is 2.47 bits per heavy atom. The quantitative estimate of drug-likeness (QED) is 0.246. The van der Waals surface area contributed by atoms with Gasteiger partial charge in [0.15, 0.2) is 5.82 Å². The number of nitrogens with zero attached hydrogens (tertiary/aromatic N) is 3. The Morgan fingerprint density at radius 1 is 1.28 bits per heavy atom. The molecule has 1 atom stereocenters. The van der Waals surface area contributed by atoms with Crippen molar-refractivity contribution in [1.82, 2.24) is 4.98 Å². The maximum absolute atomic E-state index is 14.7. The van der Waals surface area contributed by atoms with Gasteiger partial charge in [-0.05, 0) is 84.2 Å². The van der Waals surface area contributed by atoms with Crippen molar-refractivity contribution in [3.63, 3.8) is 0 Å². The second-order valence-electron chi connectivity index (χ2n) is 8.88. The van der Waals surface area contributed by atoms with E-state index in [-0.39, 0.29) is 17.2 Å². The van der Waals surface area contributed by atoms with E-state index in [2.05, 4.69) is 23.8 Å². The highest BCUT2D eigenvalue weighted by molar-refractivity contribution is 14.1. The Bertz CT molecular complexity index is 1140. The number of pyridine rings is 1. The minimum atomic E-state index is -4.62. The molecule has 1 N–H and O–H groups in total. The van der Waals surface area contributed by atoms with Crippen molar-refractivity contribution in [2.24, 2.45) is 5.92 Å². The molecule has 2 heterocycles. The number of alkyl halides is 3. The van der Waals surface area contributed by atoms with Gasteiger partial charge in [0, 0.05) is 23.7 Å². The molecule has 3 rings (SSSR count). The standard InChI is InChI=1S/C25H27F4IN4O2/c1-5-21(35)32-22-17(26)12-16(13-18(22)30)15(3)24(36)33(4)19-6-7-20(25(27,28)29)31-23(19)34-10-8-14(2)9-11-34/h5-7,12-15H,1,8-11H2,2-4H3,(H,32,35). The molecule has 1 aromatic carbocycles. The summed E-state index contributed by atoms with van der Waals surface area (Å²) in [7, 11) is 1.47. The molecule has 0 saturated carbocycles. The topological polar surface area (TPSA) is 65.5 Å². The van der Waals surface area contributed by atoms with Crippen LogP contribution in [0.3, 0.4) is 0 Å². The number of rotatable bonds is 6. The van der Waals surface area contributed by atoms with Crippen LogP contribution in [-0.4, -0.2) is 36.9 Å². The highest BCUT2D eigenvalue weighted by Crippen LogP contribution is 2.37. The summed E-state index contributed by atoms with van der Waals surface area (Å²) in [6.45, 7) is 8.07. The average Bonchev–Trinajstić information content (AvgIpc) is 2.84. The first-order valence-corrected chi connectivity index (χ1v) is 12.4. The zero-order valence-electron chi connectivity index (χ0n) is 20.1. The molecule has 1 aliphatic rings. The lowest BCUT2D eigenvalue weighted by atomic mass is 9.98. The minimum Gasteiger partial charge on any atom is -0.355 e. The van der Waals surface area contributed by atoms with E-state index in [1.54, 1.807) is 17.9 Å². The Hall–Kier alpha value is -2.70. The highest BCUT2D eigenvalue weighted by Gasteiger charge is 2.35. The van der Waals surface area contributed by atoms with Crippen LogP contribution in [0.4, 0.5) is 34.8 Å². The number of piperidine rings is 1. The van der Waals surface area contributed by atoms with Gasteiger partial charge in [-0.1, -0.05) is 13.5 Å².